The second kappa shape index (κ2) is 9.11. The largest absolute Gasteiger partial charge is 0.383 e. The number of nitrogens with one attached hydrogen (secondary N) is 1. The van der Waals surface area contributed by atoms with E-state index in [0.29, 0.717) is 31.7 Å². The van der Waals surface area contributed by atoms with E-state index in [9.17, 15) is 31.5 Å². The predicted molar refractivity (Wildman–Crippen MR) is 123 cm³/mol. The molecule has 6 nitrogen and oxygen atoms in total. The fraction of sp³-hybridized carbons (Fsp3) is 0.480. The maximum atomic E-state index is 15.6. The summed E-state index contributed by atoms with van der Waals surface area (Å²) in [7, 11) is -4.30. The summed E-state index contributed by atoms with van der Waals surface area (Å²) in [5.74, 6) is -3.22. The molecule has 0 aromatic heterocycles. The summed E-state index contributed by atoms with van der Waals surface area (Å²) in [6.45, 7) is 0.163. The van der Waals surface area contributed by atoms with Gasteiger partial charge in [-0.2, -0.15) is 0 Å². The number of alkyl halides is 1. The first-order valence-electron chi connectivity index (χ1n) is 11.8. The van der Waals surface area contributed by atoms with Crippen molar-refractivity contribution in [2.75, 3.05) is 12.6 Å². The first kappa shape index (κ1) is 25.2. The summed E-state index contributed by atoms with van der Waals surface area (Å²) in [6.07, 6.45) is 1.22. The smallest absolute Gasteiger partial charge is 0.252 e. The van der Waals surface area contributed by atoms with Crippen molar-refractivity contribution in [2.24, 2.45) is 11.3 Å². The molecule has 2 saturated carbocycles. The molecule has 2 aliphatic carbocycles. The van der Waals surface area contributed by atoms with Crippen molar-refractivity contribution >= 4 is 15.9 Å². The first-order chi connectivity index (χ1) is 17.0. The lowest BCUT2D eigenvalue weighted by Gasteiger charge is -2.30. The number of hydrogen-bond acceptors (Lipinski definition) is 4. The number of carbonyl (C=O) groups is 1. The van der Waals surface area contributed by atoms with Crippen molar-refractivity contribution in [3.63, 3.8) is 0 Å². The van der Waals surface area contributed by atoms with Crippen molar-refractivity contribution in [3.05, 3.63) is 59.4 Å². The summed E-state index contributed by atoms with van der Waals surface area (Å²) in [4.78, 5) is 14.6. The van der Waals surface area contributed by atoms with Crippen LogP contribution in [0.25, 0.3) is 11.1 Å². The van der Waals surface area contributed by atoms with Crippen LogP contribution in [0.5, 0.6) is 0 Å². The monoisotopic (exact) mass is 526 g/mol. The van der Waals surface area contributed by atoms with Crippen LogP contribution in [-0.2, 0) is 21.2 Å². The standard InChI is InChI=1S/C25H26F4N2O4S/c26-13-36(34,35)30-23-20(31(12-25(23)6-7-25)24(33)22(32)14-4-5-14)10-15-2-1-3-19(21(15)29)16-8-17(27)11-18(28)9-16/h1-3,8-9,11,14,20,22-23,30,32H,4-7,10,12-13H2/t20-,22+,23+/m0/s1. The number of sulfonamides is 1. The fourth-order valence-electron chi connectivity index (χ4n) is 5.35. The van der Waals surface area contributed by atoms with Crippen molar-refractivity contribution < 1.29 is 35.9 Å². The Labute approximate surface area is 206 Å². The van der Waals surface area contributed by atoms with Gasteiger partial charge in [0, 0.05) is 29.6 Å². The molecule has 1 aliphatic heterocycles. The quantitative estimate of drug-likeness (QED) is 0.517. The molecule has 11 heteroatoms. The van der Waals surface area contributed by atoms with Crippen LogP contribution in [0.15, 0.2) is 36.4 Å². The molecule has 2 aromatic rings. The predicted octanol–water partition coefficient (Wildman–Crippen LogP) is 3.29. The molecule has 194 valence electrons. The molecule has 1 amide bonds. The van der Waals surface area contributed by atoms with E-state index < -0.39 is 63.0 Å². The summed E-state index contributed by atoms with van der Waals surface area (Å²) in [6, 6.07) is 3.60. The van der Waals surface area contributed by atoms with Gasteiger partial charge in [-0.05, 0) is 61.3 Å². The third-order valence-corrected chi connectivity index (χ3v) is 8.46. The molecule has 0 radical (unpaired) electrons. The summed E-state index contributed by atoms with van der Waals surface area (Å²) in [5.41, 5.74) is -0.584. The molecule has 2 N–H and O–H groups in total. The maximum absolute atomic E-state index is 15.6. The molecule has 3 atom stereocenters. The van der Waals surface area contributed by atoms with Crippen LogP contribution in [0.4, 0.5) is 17.6 Å². The van der Waals surface area contributed by atoms with E-state index in [4.69, 9.17) is 0 Å². The van der Waals surface area contributed by atoms with E-state index in [-0.39, 0.29) is 35.6 Å². The van der Waals surface area contributed by atoms with Crippen LogP contribution in [0.1, 0.15) is 31.2 Å². The van der Waals surface area contributed by atoms with Gasteiger partial charge in [-0.3, -0.25) is 4.79 Å². The average molecular weight is 527 g/mol. The van der Waals surface area contributed by atoms with Crippen LogP contribution in [0.2, 0.25) is 0 Å². The Morgan fingerprint density at radius 2 is 1.81 bits per heavy atom. The Morgan fingerprint density at radius 3 is 2.39 bits per heavy atom. The van der Waals surface area contributed by atoms with Gasteiger partial charge in [0.25, 0.3) is 5.91 Å². The van der Waals surface area contributed by atoms with Crippen LogP contribution in [0.3, 0.4) is 0 Å². The maximum Gasteiger partial charge on any atom is 0.252 e. The molecular formula is C25H26F4N2O4S. The second-order valence-corrected chi connectivity index (χ2v) is 11.8. The highest BCUT2D eigenvalue weighted by Gasteiger charge is 2.62. The molecule has 36 heavy (non-hydrogen) atoms. The number of likely N-dealkylation sites (tertiary alicyclic amines) is 1. The Morgan fingerprint density at radius 1 is 1.14 bits per heavy atom. The SMILES string of the molecule is O=C([C@H](O)C1CC1)N1CC2(CC2)[C@H](NS(=O)(=O)CF)[C@@H]1Cc1cccc(-c2cc(F)cc(F)c2)c1F. The van der Waals surface area contributed by atoms with Crippen molar-refractivity contribution in [1.82, 2.24) is 9.62 Å². The van der Waals surface area contributed by atoms with Crippen molar-refractivity contribution in [2.45, 2.75) is 50.3 Å². The third kappa shape index (κ3) is 4.76. The number of carbonyl (C=O) groups excluding carboxylic acids is 1. The van der Waals surface area contributed by atoms with Gasteiger partial charge in [0.2, 0.25) is 16.0 Å². The number of rotatable bonds is 8. The fourth-order valence-corrected chi connectivity index (χ4v) is 6.21. The molecule has 1 saturated heterocycles. The molecule has 3 aliphatic rings. The molecule has 3 fully saturated rings. The number of hydrogen-bond donors (Lipinski definition) is 2. The first-order valence-corrected chi connectivity index (χ1v) is 13.5. The Kier molecular flexibility index (Phi) is 6.37. The van der Waals surface area contributed by atoms with Crippen molar-refractivity contribution in [3.8, 4) is 11.1 Å². The number of aliphatic hydroxyl groups excluding tert-OH is 1. The summed E-state index contributed by atoms with van der Waals surface area (Å²) in [5, 5.41) is 10.5. The van der Waals surface area contributed by atoms with E-state index >= 15 is 4.39 Å². The van der Waals surface area contributed by atoms with Crippen LogP contribution < -0.4 is 4.72 Å². The highest BCUT2D eigenvalue weighted by molar-refractivity contribution is 7.89. The minimum Gasteiger partial charge on any atom is -0.383 e. The lowest BCUT2D eigenvalue weighted by atomic mass is 9.91. The number of amides is 1. The van der Waals surface area contributed by atoms with Gasteiger partial charge in [0.1, 0.15) is 23.6 Å². The van der Waals surface area contributed by atoms with Crippen molar-refractivity contribution in [1.29, 1.82) is 0 Å². The van der Waals surface area contributed by atoms with Gasteiger partial charge in [-0.15, -0.1) is 0 Å². The van der Waals surface area contributed by atoms with Crippen LogP contribution >= 0.6 is 0 Å². The van der Waals surface area contributed by atoms with Gasteiger partial charge in [-0.1, -0.05) is 18.2 Å². The highest BCUT2D eigenvalue weighted by Crippen LogP contribution is 2.56. The molecule has 0 unspecified atom stereocenters. The number of aliphatic hydroxyl groups is 1. The van der Waals surface area contributed by atoms with E-state index in [1.54, 1.807) is 0 Å². The highest BCUT2D eigenvalue weighted by atomic mass is 32.2. The minimum absolute atomic E-state index is 0.0105. The van der Waals surface area contributed by atoms with E-state index in [1.807, 2.05) is 0 Å². The summed E-state index contributed by atoms with van der Waals surface area (Å²) < 4.78 is 83.1. The van der Waals surface area contributed by atoms with Gasteiger partial charge in [-0.25, -0.2) is 30.7 Å². The van der Waals surface area contributed by atoms with E-state index in [2.05, 4.69) is 4.72 Å². The summed E-state index contributed by atoms with van der Waals surface area (Å²) >= 11 is 0. The Hall–Kier alpha value is -2.50. The number of halogens is 4. The lowest BCUT2D eigenvalue weighted by molar-refractivity contribution is -0.142. The Balaban J connectivity index is 1.52. The molecular weight excluding hydrogens is 500 g/mol. The zero-order valence-corrected chi connectivity index (χ0v) is 20.1. The Bertz CT molecular complexity index is 1280. The van der Waals surface area contributed by atoms with Gasteiger partial charge in [0.05, 0.1) is 6.04 Å². The average Bonchev–Trinajstić information content (AvgIpc) is 3.74. The van der Waals surface area contributed by atoms with Crippen LogP contribution in [0, 0.1) is 28.8 Å². The zero-order valence-electron chi connectivity index (χ0n) is 19.3. The molecule has 5 rings (SSSR count). The van der Waals surface area contributed by atoms with Crippen LogP contribution in [-0.4, -0.2) is 55.1 Å². The second-order valence-electron chi connectivity index (χ2n) is 10.1. The van der Waals surface area contributed by atoms with E-state index in [0.717, 1.165) is 12.1 Å². The molecule has 2 aromatic carbocycles. The number of benzene rings is 2. The molecule has 1 heterocycles. The normalized spacial score (nSPS) is 23.8. The lowest BCUT2D eigenvalue weighted by Crippen LogP contribution is -2.51. The van der Waals surface area contributed by atoms with Gasteiger partial charge in [0.15, 0.2) is 0 Å². The molecule has 0 bridgehead atoms. The molecule has 1 spiro atoms. The topological polar surface area (TPSA) is 86.7 Å². The minimum atomic E-state index is -4.30. The van der Waals surface area contributed by atoms with Gasteiger partial charge < -0.3 is 10.0 Å². The van der Waals surface area contributed by atoms with Gasteiger partial charge >= 0.3 is 0 Å². The third-order valence-electron chi connectivity index (χ3n) is 7.56. The van der Waals surface area contributed by atoms with E-state index in [1.165, 1.54) is 23.1 Å². The zero-order chi connectivity index (χ0) is 25.8. The number of nitrogens with zero attached hydrogens (tertiary/aromatic N) is 1.